The maximum Gasteiger partial charge on any atom is 0.309 e. The summed E-state index contributed by atoms with van der Waals surface area (Å²) in [6.07, 6.45) is 1.71. The van der Waals surface area contributed by atoms with Crippen molar-refractivity contribution in [2.75, 3.05) is 39.5 Å². The molecule has 0 saturated carbocycles. The third-order valence-electron chi connectivity index (χ3n) is 4.08. The molecule has 2 fully saturated rings. The summed E-state index contributed by atoms with van der Waals surface area (Å²) in [6, 6.07) is 0. The number of carbonyl (C=O) groups is 1. The van der Waals surface area contributed by atoms with Crippen LogP contribution in [0.1, 0.15) is 33.6 Å². The van der Waals surface area contributed by atoms with Gasteiger partial charge in [-0.3, -0.25) is 9.69 Å². The molecule has 0 spiro atoms. The lowest BCUT2D eigenvalue weighted by Gasteiger charge is -2.34. The number of nitrogens with zero attached hydrogens (tertiary/aromatic N) is 1. The summed E-state index contributed by atoms with van der Waals surface area (Å²) < 4.78 is 16.6. The van der Waals surface area contributed by atoms with Crippen LogP contribution in [0.25, 0.3) is 0 Å². The molecule has 0 aromatic heterocycles. The highest BCUT2D eigenvalue weighted by molar-refractivity contribution is 5.72. The lowest BCUT2D eigenvalue weighted by molar-refractivity contribution is -0.160. The van der Waals surface area contributed by atoms with Crippen molar-refractivity contribution in [3.63, 3.8) is 0 Å². The quantitative estimate of drug-likeness (QED) is 0.723. The Morgan fingerprint density at radius 2 is 2.14 bits per heavy atom. The van der Waals surface area contributed by atoms with Gasteiger partial charge in [-0.15, -0.1) is 0 Å². The lowest BCUT2D eigenvalue weighted by atomic mass is 9.96. The van der Waals surface area contributed by atoms with E-state index < -0.39 is 0 Å². The Hall–Kier alpha value is -0.650. The molecule has 3 atom stereocenters. The molecule has 2 rings (SSSR count). The van der Waals surface area contributed by atoms with E-state index in [2.05, 4.69) is 18.7 Å². The number of hydrogen-bond acceptors (Lipinski definition) is 5. The van der Waals surface area contributed by atoms with Crippen LogP contribution in [-0.2, 0) is 19.0 Å². The Morgan fingerprint density at radius 1 is 1.33 bits per heavy atom. The average molecular weight is 299 g/mol. The van der Waals surface area contributed by atoms with Crippen molar-refractivity contribution in [1.82, 2.24) is 4.90 Å². The zero-order valence-corrected chi connectivity index (χ0v) is 13.5. The first kappa shape index (κ1) is 16.7. The second-order valence-corrected chi connectivity index (χ2v) is 6.68. The van der Waals surface area contributed by atoms with E-state index in [4.69, 9.17) is 14.2 Å². The lowest BCUT2D eigenvalue weighted by Crippen LogP contribution is -2.46. The van der Waals surface area contributed by atoms with Crippen molar-refractivity contribution in [2.24, 2.45) is 11.8 Å². The highest BCUT2D eigenvalue weighted by Crippen LogP contribution is 2.21. The first-order valence-electron chi connectivity index (χ1n) is 8.16. The minimum atomic E-state index is -0.0882. The molecular weight excluding hydrogens is 270 g/mol. The van der Waals surface area contributed by atoms with Crippen LogP contribution >= 0.6 is 0 Å². The Balaban J connectivity index is 1.70. The van der Waals surface area contributed by atoms with Crippen LogP contribution in [0.4, 0.5) is 0 Å². The molecule has 2 heterocycles. The van der Waals surface area contributed by atoms with E-state index in [1.807, 2.05) is 6.92 Å². The van der Waals surface area contributed by atoms with Crippen molar-refractivity contribution < 1.29 is 19.0 Å². The van der Waals surface area contributed by atoms with Crippen LogP contribution < -0.4 is 0 Å². The van der Waals surface area contributed by atoms with Gasteiger partial charge in [0.2, 0.25) is 0 Å². The number of rotatable bonds is 5. The highest BCUT2D eigenvalue weighted by Gasteiger charge is 2.28. The molecule has 0 amide bonds. The first-order chi connectivity index (χ1) is 10.0. The number of esters is 1. The molecule has 2 saturated heterocycles. The summed E-state index contributed by atoms with van der Waals surface area (Å²) in [6.45, 7) is 11.1. The second kappa shape index (κ2) is 8.11. The minimum absolute atomic E-state index is 0.0101. The van der Waals surface area contributed by atoms with Gasteiger partial charge in [0.15, 0.2) is 0 Å². The van der Waals surface area contributed by atoms with Gasteiger partial charge in [0.05, 0.1) is 18.6 Å². The van der Waals surface area contributed by atoms with Crippen molar-refractivity contribution >= 4 is 5.97 Å². The Labute approximate surface area is 127 Å². The molecule has 5 heteroatoms. The average Bonchev–Trinajstić information content (AvgIpc) is 2.44. The van der Waals surface area contributed by atoms with Crippen LogP contribution in [0.2, 0.25) is 0 Å². The van der Waals surface area contributed by atoms with E-state index >= 15 is 0 Å². The normalized spacial score (nSPS) is 31.3. The van der Waals surface area contributed by atoms with Crippen LogP contribution in [0.3, 0.4) is 0 Å². The van der Waals surface area contributed by atoms with Gasteiger partial charge >= 0.3 is 5.97 Å². The van der Waals surface area contributed by atoms with E-state index in [0.29, 0.717) is 19.1 Å². The van der Waals surface area contributed by atoms with Gasteiger partial charge in [0.25, 0.3) is 0 Å². The van der Waals surface area contributed by atoms with Crippen molar-refractivity contribution in [3.05, 3.63) is 0 Å². The molecule has 0 aliphatic carbocycles. The molecule has 0 aromatic carbocycles. The molecular formula is C16H29NO4. The van der Waals surface area contributed by atoms with Crippen LogP contribution in [-0.4, -0.2) is 62.5 Å². The summed E-state index contributed by atoms with van der Waals surface area (Å²) in [4.78, 5) is 14.5. The predicted octanol–water partition coefficient (Wildman–Crippen LogP) is 1.70. The van der Waals surface area contributed by atoms with Gasteiger partial charge in [-0.1, -0.05) is 13.8 Å². The number of morpholine rings is 1. The maximum atomic E-state index is 12.1. The number of ether oxygens (including phenoxy) is 3. The second-order valence-electron chi connectivity index (χ2n) is 6.68. The molecule has 21 heavy (non-hydrogen) atoms. The molecule has 5 nitrogen and oxygen atoms in total. The van der Waals surface area contributed by atoms with Gasteiger partial charge < -0.3 is 14.2 Å². The minimum Gasteiger partial charge on any atom is -0.463 e. The molecule has 2 aliphatic heterocycles. The Morgan fingerprint density at radius 3 is 2.86 bits per heavy atom. The van der Waals surface area contributed by atoms with Gasteiger partial charge in [-0.2, -0.15) is 0 Å². The van der Waals surface area contributed by atoms with Crippen molar-refractivity contribution in [2.45, 2.75) is 45.8 Å². The molecule has 0 radical (unpaired) electrons. The topological polar surface area (TPSA) is 48.0 Å². The van der Waals surface area contributed by atoms with E-state index in [0.717, 1.165) is 39.1 Å². The van der Waals surface area contributed by atoms with Crippen LogP contribution in [0, 0.1) is 11.8 Å². The van der Waals surface area contributed by atoms with Gasteiger partial charge in [-0.05, 0) is 25.7 Å². The van der Waals surface area contributed by atoms with E-state index in [1.165, 1.54) is 0 Å². The zero-order chi connectivity index (χ0) is 15.2. The van der Waals surface area contributed by atoms with Gasteiger partial charge in [-0.25, -0.2) is 0 Å². The fraction of sp³-hybridized carbons (Fsp3) is 0.938. The summed E-state index contributed by atoms with van der Waals surface area (Å²) in [7, 11) is 0. The number of carbonyl (C=O) groups excluding carboxylic acids is 1. The first-order valence-corrected chi connectivity index (χ1v) is 8.16. The summed E-state index contributed by atoms with van der Waals surface area (Å²) in [5.41, 5.74) is 0. The van der Waals surface area contributed by atoms with E-state index in [9.17, 15) is 4.79 Å². The zero-order valence-electron chi connectivity index (χ0n) is 13.5. The van der Waals surface area contributed by atoms with Crippen molar-refractivity contribution in [1.29, 1.82) is 0 Å². The van der Waals surface area contributed by atoms with E-state index in [-0.39, 0.29) is 24.1 Å². The fourth-order valence-corrected chi connectivity index (χ4v) is 3.07. The Bertz CT molecular complexity index is 334. The maximum absolute atomic E-state index is 12.1. The molecule has 0 unspecified atom stereocenters. The van der Waals surface area contributed by atoms with E-state index in [1.54, 1.807) is 0 Å². The van der Waals surface area contributed by atoms with Crippen molar-refractivity contribution in [3.8, 4) is 0 Å². The van der Waals surface area contributed by atoms with Crippen LogP contribution in [0.15, 0.2) is 0 Å². The highest BCUT2D eigenvalue weighted by atomic mass is 16.6. The summed E-state index contributed by atoms with van der Waals surface area (Å²) >= 11 is 0. The predicted molar refractivity (Wildman–Crippen MR) is 80.1 cm³/mol. The third-order valence-corrected chi connectivity index (χ3v) is 4.08. The molecule has 122 valence electrons. The monoisotopic (exact) mass is 299 g/mol. The van der Waals surface area contributed by atoms with Crippen LogP contribution in [0.5, 0.6) is 0 Å². The van der Waals surface area contributed by atoms with Gasteiger partial charge in [0.1, 0.15) is 12.7 Å². The summed E-state index contributed by atoms with van der Waals surface area (Å²) in [5, 5.41) is 0. The number of hydrogen-bond donors (Lipinski definition) is 0. The molecule has 2 aliphatic rings. The molecule has 0 aromatic rings. The molecule has 0 bridgehead atoms. The fourth-order valence-electron chi connectivity index (χ4n) is 3.07. The van der Waals surface area contributed by atoms with Gasteiger partial charge in [0, 0.05) is 26.2 Å². The molecule has 0 N–H and O–H groups in total. The largest absolute Gasteiger partial charge is 0.463 e. The SMILES string of the molecule is CC(C)CN1CCO[C@H](COC(=O)[C@H]2CCO[C@H](C)C2)C1. The summed E-state index contributed by atoms with van der Waals surface area (Å²) in [5.74, 6) is 0.550. The smallest absolute Gasteiger partial charge is 0.309 e. The Kier molecular flexibility index (Phi) is 6.45. The standard InChI is InChI=1S/C16H29NO4/c1-12(2)9-17-5-7-20-15(10-17)11-21-16(18)14-4-6-19-13(3)8-14/h12-15H,4-11H2,1-3H3/t13-,14+,15+/m1/s1. The third kappa shape index (κ3) is 5.57.